The van der Waals surface area contributed by atoms with E-state index in [-0.39, 0.29) is 69.8 Å². The maximum absolute atomic E-state index is 8.36. The predicted molar refractivity (Wildman–Crippen MR) is 13.7 cm³/mol. The molecular weight excluding hydrogens is 349 g/mol. The molecule has 0 aliphatic rings. The van der Waals surface area contributed by atoms with Crippen LogP contribution in [0.2, 0.25) is 0 Å². The van der Waals surface area contributed by atoms with E-state index in [0.29, 0.717) is 0 Å². The van der Waals surface area contributed by atoms with Crippen LogP contribution in [0, 0.1) is 0 Å². The smallest absolute Gasteiger partial charge is 0 e. The molecule has 0 atom stereocenters. The van der Waals surface area contributed by atoms with E-state index in [1.165, 1.54) is 0 Å². The summed E-state index contributed by atoms with van der Waals surface area (Å²) in [5.41, 5.74) is 0. The molecule has 0 heterocycles. The molecule has 0 rings (SSSR count). The van der Waals surface area contributed by atoms with E-state index < -0.39 is 0 Å². The van der Waals surface area contributed by atoms with Crippen molar-refractivity contribution in [3.05, 3.63) is 0 Å². The Balaban J connectivity index is -0.00000000500. The molecule has 4 heavy (non-hydrogen) atoms. The Bertz CT molecular complexity index is 8.00. The fourth-order valence-corrected chi connectivity index (χ4v) is 0. The summed E-state index contributed by atoms with van der Waals surface area (Å²) in [5.74, 6) is 0. The largest absolute Gasteiger partial charge is 0 e. The van der Waals surface area contributed by atoms with E-state index in [9.17, 15) is 0 Å². The van der Waals surface area contributed by atoms with Gasteiger partial charge in [0.15, 0.2) is 0 Å². The van der Waals surface area contributed by atoms with Gasteiger partial charge in [-0.15, -0.1) is 12.4 Å². The second-order valence-electron chi connectivity index (χ2n) is 0. The zero-order valence-corrected chi connectivity index (χ0v) is 8.97. The number of rotatable bonds is 0. The Morgan fingerprint density at radius 1 is 1.25 bits per heavy atom. The van der Waals surface area contributed by atoms with Gasteiger partial charge in [-0.1, -0.05) is 0 Å². The number of hydrogen-bond acceptors (Lipinski definition) is 1. The molecule has 0 saturated carbocycles. The average molecular weight is 350 g/mol. The summed E-state index contributed by atoms with van der Waals surface area (Å²) in [7, 11) is 0. The normalized spacial score (nSPS) is 1.00. The molecule has 1 nitrogen and oxygen atoms in total. The van der Waals surface area contributed by atoms with Crippen LogP contribution < -0.4 is 0 Å². The molecule has 0 unspecified atom stereocenters. The maximum atomic E-state index is 8.36. The zero-order chi connectivity index (χ0) is 2.00. The van der Waals surface area contributed by atoms with Crippen molar-refractivity contribution in [3.8, 4) is 0 Å². The fraction of sp³-hybridized carbons (Fsp3) is 0. The SMILES string of the molecule is Cl.[O]=[Bi].[Y]. The summed E-state index contributed by atoms with van der Waals surface area (Å²) in [6.07, 6.45) is 0. The third kappa shape index (κ3) is 8.95. The first kappa shape index (κ1) is 16.5. The predicted octanol–water partition coefficient (Wildman–Crippen LogP) is -0.0803. The third-order valence-corrected chi connectivity index (χ3v) is 0. The monoisotopic (exact) mass is 350 g/mol. The van der Waals surface area contributed by atoms with Gasteiger partial charge in [-0.3, -0.25) is 0 Å². The van der Waals surface area contributed by atoms with Gasteiger partial charge >= 0.3 is 27.5 Å². The topological polar surface area (TPSA) is 17.1 Å². The van der Waals surface area contributed by atoms with Gasteiger partial charge in [0.2, 0.25) is 0 Å². The minimum absolute atomic E-state index is 0. The van der Waals surface area contributed by atoms with Gasteiger partial charge in [0, 0.05) is 32.7 Å². The first-order chi connectivity index (χ1) is 1.00. The van der Waals surface area contributed by atoms with Gasteiger partial charge in [0.25, 0.3) is 0 Å². The van der Waals surface area contributed by atoms with Crippen molar-refractivity contribution in [2.24, 2.45) is 0 Å². The number of halogens is 1. The van der Waals surface area contributed by atoms with Gasteiger partial charge < -0.3 is 0 Å². The van der Waals surface area contributed by atoms with Crippen molar-refractivity contribution in [1.29, 1.82) is 0 Å². The van der Waals surface area contributed by atoms with Crippen LogP contribution in [0.15, 0.2) is 0 Å². The summed E-state index contributed by atoms with van der Waals surface area (Å²) in [4.78, 5) is 0. The van der Waals surface area contributed by atoms with Gasteiger partial charge in [0.1, 0.15) is 0 Å². The molecule has 0 aromatic rings. The van der Waals surface area contributed by atoms with Crippen molar-refractivity contribution < 1.29 is 35.5 Å². The first-order valence-corrected chi connectivity index (χ1v) is 1.60. The molecule has 0 aliphatic carbocycles. The summed E-state index contributed by atoms with van der Waals surface area (Å²) in [6, 6.07) is 0. The summed E-state index contributed by atoms with van der Waals surface area (Å²) in [6.45, 7) is 0. The van der Waals surface area contributed by atoms with Crippen LogP contribution in [0.5, 0.6) is 0 Å². The molecule has 4 heteroatoms. The third-order valence-electron chi connectivity index (χ3n) is 0. The number of hydrogen-bond donors (Lipinski definition) is 0. The van der Waals surface area contributed by atoms with Crippen LogP contribution >= 0.6 is 12.4 Å². The minimum Gasteiger partial charge on any atom is 0 e. The van der Waals surface area contributed by atoms with Crippen LogP contribution in [0.4, 0.5) is 0 Å². The second-order valence-corrected chi connectivity index (χ2v) is 0. The molecule has 0 saturated heterocycles. The Morgan fingerprint density at radius 2 is 1.25 bits per heavy atom. The Hall–Kier alpha value is 2.08. The van der Waals surface area contributed by atoms with E-state index in [0.717, 1.165) is 0 Å². The van der Waals surface area contributed by atoms with Crippen molar-refractivity contribution in [2.45, 2.75) is 0 Å². The Kier molecular flexibility index (Phi) is 80.9. The molecular formula is HBiClOY. The molecule has 0 aromatic carbocycles. The van der Waals surface area contributed by atoms with Crippen molar-refractivity contribution >= 4 is 37.1 Å². The van der Waals surface area contributed by atoms with Crippen LogP contribution in [0.3, 0.4) is 0 Å². The van der Waals surface area contributed by atoms with E-state index in [2.05, 4.69) is 0 Å². The van der Waals surface area contributed by atoms with E-state index in [4.69, 9.17) is 2.81 Å². The van der Waals surface area contributed by atoms with Gasteiger partial charge in [0.05, 0.1) is 0 Å². The van der Waals surface area contributed by atoms with Gasteiger partial charge in [-0.25, -0.2) is 0 Å². The molecule has 0 fully saturated rings. The summed E-state index contributed by atoms with van der Waals surface area (Å²) >= 11 is 0.194. The molecule has 2 radical (unpaired) electrons. The van der Waals surface area contributed by atoms with Crippen LogP contribution in [-0.2, 0) is 35.5 Å². The average Bonchev–Trinajstić information content (AvgIpc) is 1.00. The van der Waals surface area contributed by atoms with E-state index in [1.54, 1.807) is 0 Å². The van der Waals surface area contributed by atoms with Gasteiger partial charge in [-0.05, 0) is 0 Å². The molecule has 0 amide bonds. The fourth-order valence-electron chi connectivity index (χ4n) is 0. The molecule has 0 bridgehead atoms. The maximum Gasteiger partial charge on any atom is 0 e. The quantitative estimate of drug-likeness (QED) is 0.559. The Morgan fingerprint density at radius 3 is 1.25 bits per heavy atom. The molecule has 0 aliphatic heterocycles. The van der Waals surface area contributed by atoms with Crippen molar-refractivity contribution in [2.75, 3.05) is 0 Å². The summed E-state index contributed by atoms with van der Waals surface area (Å²) in [5, 5.41) is 0. The van der Waals surface area contributed by atoms with E-state index in [1.807, 2.05) is 0 Å². The van der Waals surface area contributed by atoms with Gasteiger partial charge in [-0.2, -0.15) is 0 Å². The zero-order valence-electron chi connectivity index (χ0n) is 1.84. The minimum atomic E-state index is 0. The van der Waals surface area contributed by atoms with E-state index >= 15 is 0 Å². The first-order valence-electron chi connectivity index (χ1n) is 0.183. The summed E-state index contributed by atoms with van der Waals surface area (Å²) < 4.78 is 8.36. The van der Waals surface area contributed by atoms with Crippen LogP contribution in [0.1, 0.15) is 0 Å². The van der Waals surface area contributed by atoms with Crippen molar-refractivity contribution in [1.82, 2.24) is 0 Å². The molecule has 22 valence electrons. The Labute approximate surface area is 71.5 Å². The molecule has 0 aromatic heterocycles. The van der Waals surface area contributed by atoms with Crippen molar-refractivity contribution in [3.63, 3.8) is 0 Å². The van der Waals surface area contributed by atoms with Crippen LogP contribution in [0.25, 0.3) is 0 Å². The standard InChI is InChI=1S/Bi.ClH.O.Y/h;1H;;. The second kappa shape index (κ2) is 19.6. The van der Waals surface area contributed by atoms with Crippen LogP contribution in [-0.4, -0.2) is 24.7 Å². The molecule has 0 N–H and O–H groups in total. The molecule has 0 spiro atoms.